The van der Waals surface area contributed by atoms with Gasteiger partial charge in [-0.05, 0) is 18.9 Å². The summed E-state index contributed by atoms with van der Waals surface area (Å²) in [4.78, 5) is 17.1. The summed E-state index contributed by atoms with van der Waals surface area (Å²) in [5, 5.41) is 8.87. The van der Waals surface area contributed by atoms with Crippen LogP contribution in [0, 0.1) is 0 Å². The van der Waals surface area contributed by atoms with Crippen molar-refractivity contribution in [2.45, 2.75) is 18.9 Å². The number of rotatable bonds is 6. The topological polar surface area (TPSA) is 88.7 Å². The van der Waals surface area contributed by atoms with Crippen molar-refractivity contribution >= 4 is 17.5 Å². The van der Waals surface area contributed by atoms with Crippen LogP contribution >= 0.6 is 0 Å². The number of hydrogen-bond acceptors (Lipinski definition) is 5. The Morgan fingerprint density at radius 1 is 1.67 bits per heavy atom. The molecule has 2 rings (SSSR count). The third kappa shape index (κ3) is 2.70. The van der Waals surface area contributed by atoms with Gasteiger partial charge in [0.2, 0.25) is 0 Å². The fraction of sp³-hybridized carbons (Fsp3) is 0.500. The number of nitrogens with two attached hydrogens (primary N) is 1. The Morgan fingerprint density at radius 3 is 2.89 bits per heavy atom. The van der Waals surface area contributed by atoms with Gasteiger partial charge in [0.1, 0.15) is 0 Å². The van der Waals surface area contributed by atoms with Gasteiger partial charge in [0, 0.05) is 25.9 Å². The number of nitrogen functional groups attached to an aromatic ring is 1. The molecule has 0 aliphatic heterocycles. The molecule has 0 unspecified atom stereocenters. The number of ether oxygens (including phenoxy) is 1. The Labute approximate surface area is 105 Å². The monoisotopic (exact) mass is 251 g/mol. The van der Waals surface area contributed by atoms with Crippen molar-refractivity contribution in [1.29, 1.82) is 0 Å². The highest BCUT2D eigenvalue weighted by Crippen LogP contribution is 2.33. The van der Waals surface area contributed by atoms with E-state index in [1.807, 2.05) is 0 Å². The number of carbonyl (C=O) groups is 1. The van der Waals surface area contributed by atoms with E-state index in [9.17, 15) is 4.79 Å². The third-order valence-electron chi connectivity index (χ3n) is 2.94. The van der Waals surface area contributed by atoms with E-state index in [-0.39, 0.29) is 5.56 Å². The van der Waals surface area contributed by atoms with Crippen molar-refractivity contribution in [2.24, 2.45) is 0 Å². The van der Waals surface area contributed by atoms with Gasteiger partial charge in [0.05, 0.1) is 17.9 Å². The molecule has 0 aromatic carbocycles. The summed E-state index contributed by atoms with van der Waals surface area (Å²) in [5.74, 6) is -0.366. The van der Waals surface area contributed by atoms with Gasteiger partial charge in [-0.2, -0.15) is 0 Å². The minimum absolute atomic E-state index is 0.110. The first-order valence-electron chi connectivity index (χ1n) is 5.88. The molecule has 1 aliphatic rings. The number of aromatic nitrogens is 1. The molecule has 0 bridgehead atoms. The number of methoxy groups -OCH3 is 1. The quantitative estimate of drug-likeness (QED) is 0.783. The lowest BCUT2D eigenvalue weighted by Gasteiger charge is -2.24. The number of pyridine rings is 1. The van der Waals surface area contributed by atoms with Gasteiger partial charge in [0.25, 0.3) is 0 Å². The molecule has 0 radical (unpaired) electrons. The van der Waals surface area contributed by atoms with E-state index in [0.29, 0.717) is 30.7 Å². The fourth-order valence-electron chi connectivity index (χ4n) is 1.87. The summed E-state index contributed by atoms with van der Waals surface area (Å²) < 4.78 is 5.07. The second-order valence-electron chi connectivity index (χ2n) is 4.36. The Morgan fingerprint density at radius 2 is 2.39 bits per heavy atom. The number of anilines is 2. The molecule has 1 aromatic rings. The molecule has 1 aliphatic carbocycles. The number of hydrogen-bond donors (Lipinski definition) is 2. The predicted octanol–water partition coefficient (Wildman–Crippen LogP) is 0.977. The number of aromatic carboxylic acids is 1. The van der Waals surface area contributed by atoms with E-state index in [1.54, 1.807) is 7.11 Å². The average Bonchev–Trinajstić information content (AvgIpc) is 3.15. The van der Waals surface area contributed by atoms with Crippen LogP contribution in [-0.2, 0) is 4.74 Å². The number of nitrogens with zero attached hydrogens (tertiary/aromatic N) is 2. The second-order valence-corrected chi connectivity index (χ2v) is 4.36. The highest BCUT2D eigenvalue weighted by Gasteiger charge is 2.31. The molecule has 0 amide bonds. The first-order valence-corrected chi connectivity index (χ1v) is 5.88. The van der Waals surface area contributed by atoms with E-state index in [4.69, 9.17) is 15.6 Å². The van der Waals surface area contributed by atoms with Gasteiger partial charge in [-0.25, -0.2) is 9.78 Å². The summed E-state index contributed by atoms with van der Waals surface area (Å²) in [6.07, 6.45) is 3.58. The van der Waals surface area contributed by atoms with Crippen molar-refractivity contribution in [1.82, 2.24) is 4.98 Å². The lowest BCUT2D eigenvalue weighted by molar-refractivity contribution is 0.0696. The van der Waals surface area contributed by atoms with E-state index in [0.717, 1.165) is 12.8 Å². The first kappa shape index (κ1) is 12.6. The molecule has 0 spiro atoms. The van der Waals surface area contributed by atoms with E-state index >= 15 is 0 Å². The lowest BCUT2D eigenvalue weighted by atomic mass is 10.2. The smallest absolute Gasteiger partial charge is 0.337 e. The van der Waals surface area contributed by atoms with E-state index in [2.05, 4.69) is 9.88 Å². The summed E-state index contributed by atoms with van der Waals surface area (Å²) >= 11 is 0. The molecule has 1 heterocycles. The largest absolute Gasteiger partial charge is 0.478 e. The van der Waals surface area contributed by atoms with Crippen molar-refractivity contribution < 1.29 is 14.6 Å². The summed E-state index contributed by atoms with van der Waals surface area (Å²) in [7, 11) is 1.65. The van der Waals surface area contributed by atoms with Crippen LogP contribution in [0.1, 0.15) is 23.2 Å². The van der Waals surface area contributed by atoms with Crippen molar-refractivity contribution in [3.05, 3.63) is 17.8 Å². The molecular weight excluding hydrogens is 234 g/mol. The van der Waals surface area contributed by atoms with Crippen LogP contribution in [0.25, 0.3) is 0 Å². The minimum atomic E-state index is -1.02. The highest BCUT2D eigenvalue weighted by atomic mass is 16.5. The summed E-state index contributed by atoms with van der Waals surface area (Å²) in [6, 6.07) is 1.90. The zero-order valence-corrected chi connectivity index (χ0v) is 10.3. The van der Waals surface area contributed by atoms with Crippen LogP contribution in [0.4, 0.5) is 11.5 Å². The molecule has 1 fully saturated rings. The zero-order valence-electron chi connectivity index (χ0n) is 10.3. The molecule has 98 valence electrons. The molecule has 6 nitrogen and oxygen atoms in total. The maximum atomic E-state index is 10.8. The fourth-order valence-corrected chi connectivity index (χ4v) is 1.87. The van der Waals surface area contributed by atoms with Crippen LogP contribution in [0.5, 0.6) is 0 Å². The average molecular weight is 251 g/mol. The van der Waals surface area contributed by atoms with Crippen molar-refractivity contribution in [3.8, 4) is 0 Å². The first-order chi connectivity index (χ1) is 8.63. The van der Waals surface area contributed by atoms with Crippen LogP contribution in [0.3, 0.4) is 0 Å². The second kappa shape index (κ2) is 5.22. The number of carboxylic acids is 1. The lowest BCUT2D eigenvalue weighted by Crippen LogP contribution is -2.31. The predicted molar refractivity (Wildman–Crippen MR) is 67.9 cm³/mol. The molecule has 0 saturated heterocycles. The maximum Gasteiger partial charge on any atom is 0.337 e. The summed E-state index contributed by atoms with van der Waals surface area (Å²) in [6.45, 7) is 1.31. The zero-order chi connectivity index (χ0) is 13.1. The maximum absolute atomic E-state index is 10.8. The van der Waals surface area contributed by atoms with E-state index < -0.39 is 5.97 Å². The summed E-state index contributed by atoms with van der Waals surface area (Å²) in [5.41, 5.74) is 6.40. The molecular formula is C12H17N3O3. The SMILES string of the molecule is COCCN(c1ncc(C(=O)O)cc1N)C1CC1. The van der Waals surface area contributed by atoms with Gasteiger partial charge in [0.15, 0.2) is 5.82 Å². The Bertz CT molecular complexity index is 446. The van der Waals surface area contributed by atoms with Crippen LogP contribution in [0.15, 0.2) is 12.3 Å². The Balaban J connectivity index is 2.21. The Kier molecular flexibility index (Phi) is 3.66. The van der Waals surface area contributed by atoms with Crippen LogP contribution in [0.2, 0.25) is 0 Å². The normalized spacial score (nSPS) is 14.5. The van der Waals surface area contributed by atoms with Gasteiger partial charge in [-0.15, -0.1) is 0 Å². The molecule has 1 saturated carbocycles. The standard InChI is InChI=1S/C12H17N3O3/c1-18-5-4-15(9-2-3-9)11-10(13)6-8(7-14-11)12(16)17/h6-7,9H,2-5,13H2,1H3,(H,16,17). The molecule has 3 N–H and O–H groups in total. The van der Waals surface area contributed by atoms with Gasteiger partial charge < -0.3 is 20.5 Å². The van der Waals surface area contributed by atoms with Crippen molar-refractivity contribution in [3.63, 3.8) is 0 Å². The van der Waals surface area contributed by atoms with E-state index in [1.165, 1.54) is 12.3 Å². The number of carboxylic acid groups (broad SMARTS) is 1. The highest BCUT2D eigenvalue weighted by molar-refractivity contribution is 5.89. The molecule has 18 heavy (non-hydrogen) atoms. The third-order valence-corrected chi connectivity index (χ3v) is 2.94. The van der Waals surface area contributed by atoms with Crippen LogP contribution in [-0.4, -0.2) is 42.4 Å². The Hall–Kier alpha value is -1.82. The molecule has 6 heteroatoms. The molecule has 1 aromatic heterocycles. The van der Waals surface area contributed by atoms with Gasteiger partial charge >= 0.3 is 5.97 Å². The van der Waals surface area contributed by atoms with Gasteiger partial charge in [-0.1, -0.05) is 0 Å². The van der Waals surface area contributed by atoms with Crippen LogP contribution < -0.4 is 10.6 Å². The van der Waals surface area contributed by atoms with Gasteiger partial charge in [-0.3, -0.25) is 0 Å². The van der Waals surface area contributed by atoms with Crippen molar-refractivity contribution in [2.75, 3.05) is 30.9 Å². The molecule has 0 atom stereocenters. The minimum Gasteiger partial charge on any atom is -0.478 e.